The van der Waals surface area contributed by atoms with Gasteiger partial charge >= 0.3 is 0 Å². The predicted molar refractivity (Wildman–Crippen MR) is 119 cm³/mol. The van der Waals surface area contributed by atoms with E-state index in [1.165, 1.54) is 5.56 Å². The van der Waals surface area contributed by atoms with Crippen molar-refractivity contribution in [3.05, 3.63) is 77.1 Å². The monoisotopic (exact) mass is 428 g/mol. The lowest BCUT2D eigenvalue weighted by molar-refractivity contribution is -0.124. The lowest BCUT2D eigenvalue weighted by Gasteiger charge is -2.20. The normalized spacial score (nSPS) is 12.8. The number of benzene rings is 2. The number of rotatable bonds is 8. The van der Waals surface area contributed by atoms with Crippen LogP contribution in [0.25, 0.3) is 0 Å². The Morgan fingerprint density at radius 2 is 1.70 bits per heavy atom. The van der Waals surface area contributed by atoms with Gasteiger partial charge in [0.15, 0.2) is 0 Å². The van der Waals surface area contributed by atoms with E-state index in [4.69, 9.17) is 5.73 Å². The van der Waals surface area contributed by atoms with Crippen molar-refractivity contribution >= 4 is 18.3 Å². The minimum atomic E-state index is -0.539. The molecule has 2 aromatic carbocycles. The Labute approximate surface area is 183 Å². The molecular weight excluding hydrogens is 400 g/mol. The summed E-state index contributed by atoms with van der Waals surface area (Å²) in [6.45, 7) is 6.44. The smallest absolute Gasteiger partial charge is 0.245 e. The largest absolute Gasteiger partial charge is 0.352 e. The maximum atomic E-state index is 13.0. The van der Waals surface area contributed by atoms with Crippen LogP contribution in [0.5, 0.6) is 0 Å². The average Bonchev–Trinajstić information content (AvgIpc) is 3.16. The highest BCUT2D eigenvalue weighted by molar-refractivity contribution is 5.85. The summed E-state index contributed by atoms with van der Waals surface area (Å²) in [5, 5.41) is 14.6. The first-order valence-electron chi connectivity index (χ1n) is 9.87. The fourth-order valence-corrected chi connectivity index (χ4v) is 3.23. The zero-order valence-corrected chi connectivity index (χ0v) is 18.3. The van der Waals surface area contributed by atoms with Crippen molar-refractivity contribution in [2.45, 2.75) is 45.2 Å². The van der Waals surface area contributed by atoms with Crippen LogP contribution >= 0.6 is 12.4 Å². The van der Waals surface area contributed by atoms with Crippen LogP contribution in [0, 0.1) is 6.92 Å². The van der Waals surface area contributed by atoms with Crippen molar-refractivity contribution < 1.29 is 4.79 Å². The first-order valence-corrected chi connectivity index (χ1v) is 9.87. The molecule has 0 fully saturated rings. The molecule has 7 nitrogen and oxygen atoms in total. The third kappa shape index (κ3) is 5.87. The standard InChI is InChI=1S/C22H28N6O.ClH/c1-15(2)18-9-11-19(12-10-18)20(23)14-24-22(29)21(28-16(3)25-26-27-28)13-17-7-5-4-6-8-17;/h4-12,15,20-21H,13-14,23H2,1-3H3,(H,24,29);1H. The molecule has 0 bridgehead atoms. The Hall–Kier alpha value is -2.77. The summed E-state index contributed by atoms with van der Waals surface area (Å²) >= 11 is 0. The van der Waals surface area contributed by atoms with Gasteiger partial charge in [-0.15, -0.1) is 17.5 Å². The fourth-order valence-electron chi connectivity index (χ4n) is 3.23. The van der Waals surface area contributed by atoms with Gasteiger partial charge in [-0.1, -0.05) is 68.4 Å². The van der Waals surface area contributed by atoms with E-state index in [1.807, 2.05) is 42.5 Å². The van der Waals surface area contributed by atoms with Crippen molar-refractivity contribution in [3.63, 3.8) is 0 Å². The van der Waals surface area contributed by atoms with Crippen LogP contribution in [0.4, 0.5) is 0 Å². The summed E-state index contributed by atoms with van der Waals surface area (Å²) < 4.78 is 1.56. The van der Waals surface area contributed by atoms with Crippen molar-refractivity contribution in [2.24, 2.45) is 5.73 Å². The quantitative estimate of drug-likeness (QED) is 0.574. The van der Waals surface area contributed by atoms with E-state index in [0.29, 0.717) is 24.7 Å². The van der Waals surface area contributed by atoms with Gasteiger partial charge in [-0.25, -0.2) is 4.68 Å². The summed E-state index contributed by atoms with van der Waals surface area (Å²) in [6.07, 6.45) is 0.497. The number of aryl methyl sites for hydroxylation is 1. The molecule has 1 heterocycles. The second-order valence-corrected chi connectivity index (χ2v) is 7.55. The highest BCUT2D eigenvalue weighted by atomic mass is 35.5. The molecule has 30 heavy (non-hydrogen) atoms. The van der Waals surface area contributed by atoms with Gasteiger partial charge in [-0.2, -0.15) is 0 Å². The molecule has 3 aromatic rings. The molecule has 160 valence electrons. The number of tetrazole rings is 1. The van der Waals surface area contributed by atoms with E-state index < -0.39 is 6.04 Å². The molecule has 3 rings (SSSR count). The molecule has 0 aliphatic heterocycles. The molecule has 1 amide bonds. The number of amides is 1. The van der Waals surface area contributed by atoms with Gasteiger partial charge in [0.1, 0.15) is 11.9 Å². The summed E-state index contributed by atoms with van der Waals surface area (Å²) in [5.41, 5.74) is 9.61. The van der Waals surface area contributed by atoms with Crippen LogP contribution in [0.1, 0.15) is 54.4 Å². The molecule has 0 aliphatic carbocycles. The number of nitrogens with one attached hydrogen (secondary N) is 1. The fraction of sp³-hybridized carbons (Fsp3) is 0.364. The zero-order chi connectivity index (χ0) is 20.8. The maximum Gasteiger partial charge on any atom is 0.245 e. The lowest BCUT2D eigenvalue weighted by Crippen LogP contribution is -2.38. The highest BCUT2D eigenvalue weighted by Crippen LogP contribution is 2.18. The molecule has 8 heteroatoms. The third-order valence-corrected chi connectivity index (χ3v) is 5.05. The van der Waals surface area contributed by atoms with Gasteiger partial charge in [0.25, 0.3) is 0 Å². The average molecular weight is 429 g/mol. The van der Waals surface area contributed by atoms with E-state index in [1.54, 1.807) is 11.6 Å². The van der Waals surface area contributed by atoms with E-state index in [0.717, 1.165) is 11.1 Å². The molecule has 0 spiro atoms. The van der Waals surface area contributed by atoms with E-state index in [-0.39, 0.29) is 24.4 Å². The summed E-state index contributed by atoms with van der Waals surface area (Å²) in [7, 11) is 0. The van der Waals surface area contributed by atoms with Crippen LogP contribution < -0.4 is 11.1 Å². The van der Waals surface area contributed by atoms with Gasteiger partial charge in [0.05, 0.1) is 0 Å². The number of hydrogen-bond donors (Lipinski definition) is 2. The van der Waals surface area contributed by atoms with Crippen molar-refractivity contribution in [3.8, 4) is 0 Å². The molecule has 2 unspecified atom stereocenters. The highest BCUT2D eigenvalue weighted by Gasteiger charge is 2.24. The van der Waals surface area contributed by atoms with Crippen molar-refractivity contribution in [2.75, 3.05) is 6.54 Å². The van der Waals surface area contributed by atoms with Crippen LogP contribution in [-0.4, -0.2) is 32.7 Å². The molecule has 0 aliphatic rings. The van der Waals surface area contributed by atoms with E-state index >= 15 is 0 Å². The van der Waals surface area contributed by atoms with Gasteiger partial charge in [0, 0.05) is 19.0 Å². The summed E-state index contributed by atoms with van der Waals surface area (Å²) in [4.78, 5) is 13.0. The van der Waals surface area contributed by atoms with Gasteiger partial charge in [-0.3, -0.25) is 4.79 Å². The van der Waals surface area contributed by atoms with Crippen molar-refractivity contribution in [1.29, 1.82) is 0 Å². The van der Waals surface area contributed by atoms with Crippen LogP contribution in [0.15, 0.2) is 54.6 Å². The summed E-state index contributed by atoms with van der Waals surface area (Å²) in [6, 6.07) is 17.2. The number of hydrogen-bond acceptors (Lipinski definition) is 5. The number of halogens is 1. The Morgan fingerprint density at radius 1 is 1.07 bits per heavy atom. The first kappa shape index (κ1) is 23.5. The number of carbonyl (C=O) groups excluding carboxylic acids is 1. The Kier molecular flexibility index (Phi) is 8.50. The van der Waals surface area contributed by atoms with Crippen LogP contribution in [-0.2, 0) is 11.2 Å². The maximum absolute atomic E-state index is 13.0. The Morgan fingerprint density at radius 3 is 2.27 bits per heavy atom. The number of aromatic nitrogens is 4. The number of carbonyl (C=O) groups is 1. The topological polar surface area (TPSA) is 98.7 Å². The van der Waals surface area contributed by atoms with Gasteiger partial charge in [-0.05, 0) is 40.0 Å². The molecule has 0 saturated carbocycles. The minimum absolute atomic E-state index is 0. The Balaban J connectivity index is 0.00000320. The molecule has 0 saturated heterocycles. The predicted octanol–water partition coefficient (Wildman–Crippen LogP) is 3.13. The van der Waals surface area contributed by atoms with Crippen LogP contribution in [0.3, 0.4) is 0 Å². The molecule has 3 N–H and O–H groups in total. The first-order chi connectivity index (χ1) is 14.0. The molecule has 0 radical (unpaired) electrons. The van der Waals surface area contributed by atoms with Crippen molar-refractivity contribution in [1.82, 2.24) is 25.5 Å². The van der Waals surface area contributed by atoms with E-state index in [2.05, 4.69) is 46.8 Å². The minimum Gasteiger partial charge on any atom is -0.352 e. The van der Waals surface area contributed by atoms with Gasteiger partial charge < -0.3 is 11.1 Å². The van der Waals surface area contributed by atoms with Crippen LogP contribution in [0.2, 0.25) is 0 Å². The second-order valence-electron chi connectivity index (χ2n) is 7.55. The molecule has 1 aromatic heterocycles. The lowest BCUT2D eigenvalue weighted by atomic mass is 9.99. The SMILES string of the molecule is Cc1nnnn1C(Cc1ccccc1)C(=O)NCC(N)c1ccc(C(C)C)cc1.Cl. The zero-order valence-electron chi connectivity index (χ0n) is 17.5. The van der Waals surface area contributed by atoms with Gasteiger partial charge in [0.2, 0.25) is 5.91 Å². The third-order valence-electron chi connectivity index (χ3n) is 5.05. The number of nitrogens with two attached hydrogens (primary N) is 1. The molecular formula is C22H29ClN6O. The second kappa shape index (κ2) is 10.8. The molecule has 2 atom stereocenters. The Bertz CT molecular complexity index is 926. The number of nitrogens with zero attached hydrogens (tertiary/aromatic N) is 4. The van der Waals surface area contributed by atoms with E-state index in [9.17, 15) is 4.79 Å². The summed E-state index contributed by atoms with van der Waals surface area (Å²) in [5.74, 6) is 0.909.